The fourth-order valence-corrected chi connectivity index (χ4v) is 12.4. The molecule has 1 heterocycles. The van der Waals surface area contributed by atoms with Gasteiger partial charge in [0.1, 0.15) is 11.2 Å². The quantitative estimate of drug-likeness (QED) is 0.145. The van der Waals surface area contributed by atoms with Gasteiger partial charge >= 0.3 is 11.9 Å². The van der Waals surface area contributed by atoms with E-state index < -0.39 is 11.2 Å². The second-order valence-electron chi connectivity index (χ2n) is 19.2. The summed E-state index contributed by atoms with van der Waals surface area (Å²) in [4.78, 5) is 25.0. The van der Waals surface area contributed by atoms with E-state index in [4.69, 9.17) is 9.47 Å². The van der Waals surface area contributed by atoms with Crippen molar-refractivity contribution in [2.45, 2.75) is 191 Å². The molecule has 0 aliphatic heterocycles. The minimum absolute atomic E-state index is 0.232. The number of aromatic nitrogens is 1. The van der Waals surface area contributed by atoms with Gasteiger partial charge in [-0.2, -0.15) is 0 Å². The number of carbonyl (C=O) groups is 2. The lowest BCUT2D eigenvalue weighted by molar-refractivity contribution is 0.00570. The van der Waals surface area contributed by atoms with Crippen LogP contribution in [0.3, 0.4) is 0 Å². The highest BCUT2D eigenvalue weighted by Crippen LogP contribution is 2.47. The molecule has 57 heavy (non-hydrogen) atoms. The first-order valence-electron chi connectivity index (χ1n) is 22.1. The Balaban J connectivity index is 0.000000170. The highest BCUT2D eigenvalue weighted by atomic mass is 127. The molecule has 8 rings (SSSR count). The molecule has 5 aliphatic carbocycles. The van der Waals surface area contributed by atoms with Crippen molar-refractivity contribution in [3.8, 4) is 0 Å². The van der Waals surface area contributed by atoms with Gasteiger partial charge in [-0.05, 0) is 167 Å². The summed E-state index contributed by atoms with van der Waals surface area (Å²) < 4.78 is 17.2. The summed E-state index contributed by atoms with van der Waals surface area (Å²) in [5.74, 6) is 0.832. The molecular formula is C49H66Br2INO4. The number of alkyl halides is 1. The zero-order valence-corrected chi connectivity index (χ0v) is 40.8. The topological polar surface area (TPSA) is 57.5 Å². The molecule has 2 aromatic carbocycles. The number of nitrogens with zero attached hydrogens (tertiary/aromatic N) is 1. The number of hydrogen-bond acceptors (Lipinski definition) is 4. The van der Waals surface area contributed by atoms with Crippen LogP contribution in [0.4, 0.5) is 0 Å². The Morgan fingerprint density at radius 2 is 1.14 bits per heavy atom. The van der Waals surface area contributed by atoms with Gasteiger partial charge in [0.2, 0.25) is 0 Å². The van der Waals surface area contributed by atoms with Crippen LogP contribution in [-0.2, 0) is 15.9 Å². The third-order valence-electron chi connectivity index (χ3n) is 12.3. The summed E-state index contributed by atoms with van der Waals surface area (Å²) in [7, 11) is 0. The lowest BCUT2D eigenvalue weighted by atomic mass is 9.81. The molecule has 8 heteroatoms. The lowest BCUT2D eigenvalue weighted by Crippen LogP contribution is -2.24. The van der Waals surface area contributed by atoms with Crippen molar-refractivity contribution in [2.75, 3.05) is 0 Å². The van der Waals surface area contributed by atoms with Crippen LogP contribution in [0, 0.1) is 5.92 Å². The molecule has 0 N–H and O–H groups in total. The second-order valence-corrected chi connectivity index (χ2v) is 22.6. The van der Waals surface area contributed by atoms with Crippen molar-refractivity contribution in [3.05, 3.63) is 73.3 Å². The van der Waals surface area contributed by atoms with Gasteiger partial charge in [0.25, 0.3) is 0 Å². The molecule has 0 amide bonds. The van der Waals surface area contributed by atoms with Gasteiger partial charge in [0.15, 0.2) is 0 Å². The largest absolute Gasteiger partial charge is 0.456 e. The average molecular weight is 1020 g/mol. The molecule has 4 fully saturated rings. The minimum atomic E-state index is -0.479. The van der Waals surface area contributed by atoms with Crippen LogP contribution < -0.4 is 0 Å². The molecule has 0 radical (unpaired) electrons. The van der Waals surface area contributed by atoms with E-state index in [-0.39, 0.29) is 11.9 Å². The maximum absolute atomic E-state index is 12.7. The molecule has 0 saturated heterocycles. The Kier molecular flexibility index (Phi) is 15.6. The zero-order chi connectivity index (χ0) is 40.9. The third-order valence-corrected chi connectivity index (χ3v) is 15.0. The molecule has 0 unspecified atom stereocenters. The van der Waals surface area contributed by atoms with Crippen molar-refractivity contribution in [3.63, 3.8) is 0 Å². The molecule has 312 valence electrons. The van der Waals surface area contributed by atoms with Gasteiger partial charge < -0.3 is 14.0 Å². The van der Waals surface area contributed by atoms with Crippen molar-refractivity contribution in [2.24, 2.45) is 5.92 Å². The highest BCUT2D eigenvalue weighted by molar-refractivity contribution is 14.1. The van der Waals surface area contributed by atoms with E-state index in [0.29, 0.717) is 29.0 Å². The SMILES string of the molecule is CC(C)(C)OC(=O)c1ccc2c(C3CCCCC3)c(Br)n(C3CCCC3)c2c1.CC(C)(C)OC(=O)c1ccc2c(c1)CC(Br)=C2C1CCCCC1.IC1CCCC1. The number of ether oxygens (including phenoxy) is 2. The Morgan fingerprint density at radius 3 is 1.67 bits per heavy atom. The summed E-state index contributed by atoms with van der Waals surface area (Å²) in [5.41, 5.74) is 7.10. The first-order chi connectivity index (χ1) is 27.1. The van der Waals surface area contributed by atoms with Gasteiger partial charge in [0.05, 0.1) is 21.2 Å². The number of rotatable bonds is 5. The van der Waals surface area contributed by atoms with Gasteiger partial charge in [-0.3, -0.25) is 0 Å². The van der Waals surface area contributed by atoms with E-state index in [1.807, 2.05) is 59.7 Å². The Hall–Kier alpha value is -1.65. The molecule has 4 saturated carbocycles. The molecule has 5 aliphatic rings. The Morgan fingerprint density at radius 1 is 0.649 bits per heavy atom. The standard InChI is InChI=1S/C24H32BrNO2.C20H25BrO2.C5H9I/c1-24(2,3)28-23(27)17-13-14-19-20(15-17)26(18-11-7-8-12-18)22(25)21(19)16-9-5-4-6-10-16;1-20(2,3)23-19(22)14-9-10-16-15(11-14)12-17(21)18(16)13-7-5-4-6-8-13;6-5-3-1-2-4-5/h13-16,18H,4-12H2,1-3H3;9-11,13H,4-8,12H2,1-3H3;5H,1-4H2. The molecule has 3 aromatic rings. The van der Waals surface area contributed by atoms with E-state index in [1.54, 1.807) is 0 Å². The van der Waals surface area contributed by atoms with Crippen LogP contribution in [0.2, 0.25) is 0 Å². The summed E-state index contributed by atoms with van der Waals surface area (Å²) in [6, 6.07) is 12.8. The Labute approximate surface area is 373 Å². The number of halogens is 3. The van der Waals surface area contributed by atoms with E-state index in [9.17, 15) is 9.59 Å². The predicted molar refractivity (Wildman–Crippen MR) is 252 cm³/mol. The van der Waals surface area contributed by atoms with E-state index >= 15 is 0 Å². The molecule has 1 aromatic heterocycles. The van der Waals surface area contributed by atoms with Crippen LogP contribution in [-0.4, -0.2) is 31.6 Å². The average Bonchev–Trinajstić information content (AvgIpc) is 3.97. The number of carbonyl (C=O) groups excluding carboxylic acids is 2. The van der Waals surface area contributed by atoms with Crippen LogP contribution >= 0.6 is 54.5 Å². The monoisotopic (exact) mass is 1020 g/mol. The smallest absolute Gasteiger partial charge is 0.338 e. The predicted octanol–water partition coefficient (Wildman–Crippen LogP) is 15.8. The summed E-state index contributed by atoms with van der Waals surface area (Å²) in [5, 5.41) is 1.32. The van der Waals surface area contributed by atoms with Crippen molar-refractivity contribution in [1.82, 2.24) is 4.57 Å². The molecule has 0 spiro atoms. The molecular weight excluding hydrogens is 953 g/mol. The van der Waals surface area contributed by atoms with Crippen molar-refractivity contribution >= 4 is 82.9 Å². The number of esters is 2. The van der Waals surface area contributed by atoms with E-state index in [1.165, 1.54) is 158 Å². The van der Waals surface area contributed by atoms with Gasteiger partial charge in [-0.25, -0.2) is 9.59 Å². The Bertz CT molecular complexity index is 1890. The first kappa shape index (κ1) is 44.9. The summed E-state index contributed by atoms with van der Waals surface area (Å²) in [6.45, 7) is 11.5. The lowest BCUT2D eigenvalue weighted by Gasteiger charge is -2.24. The van der Waals surface area contributed by atoms with Crippen LogP contribution in [0.15, 0.2) is 45.5 Å². The van der Waals surface area contributed by atoms with Crippen molar-refractivity contribution < 1.29 is 19.1 Å². The normalized spacial score (nSPS) is 19.9. The maximum Gasteiger partial charge on any atom is 0.338 e. The zero-order valence-electron chi connectivity index (χ0n) is 35.4. The number of benzene rings is 2. The fourth-order valence-electron chi connectivity index (χ4n) is 9.65. The van der Waals surface area contributed by atoms with Gasteiger partial charge in [-0.1, -0.05) is 115 Å². The number of hydrogen-bond donors (Lipinski definition) is 0. The summed E-state index contributed by atoms with van der Waals surface area (Å²) in [6.07, 6.45) is 25.0. The minimum Gasteiger partial charge on any atom is -0.456 e. The second kappa shape index (κ2) is 19.8. The van der Waals surface area contributed by atoms with Crippen LogP contribution in [0.25, 0.3) is 16.5 Å². The maximum atomic E-state index is 12.7. The number of fused-ring (bicyclic) bond motifs is 2. The summed E-state index contributed by atoms with van der Waals surface area (Å²) >= 11 is 10.3. The third kappa shape index (κ3) is 11.8. The van der Waals surface area contributed by atoms with Gasteiger partial charge in [0, 0.05) is 26.3 Å². The van der Waals surface area contributed by atoms with Crippen molar-refractivity contribution in [1.29, 1.82) is 0 Å². The van der Waals surface area contributed by atoms with Crippen LogP contribution in [0.1, 0.15) is 206 Å². The molecule has 0 bridgehead atoms. The van der Waals surface area contributed by atoms with Gasteiger partial charge in [-0.15, -0.1) is 0 Å². The van der Waals surface area contributed by atoms with E-state index in [2.05, 4.69) is 77.2 Å². The van der Waals surface area contributed by atoms with E-state index in [0.717, 1.165) is 10.3 Å². The highest BCUT2D eigenvalue weighted by Gasteiger charge is 2.31. The number of allylic oxidation sites excluding steroid dienone is 2. The molecule has 0 atom stereocenters. The van der Waals surface area contributed by atoms with Crippen LogP contribution in [0.5, 0.6) is 0 Å². The first-order valence-corrected chi connectivity index (χ1v) is 24.9. The molecule has 5 nitrogen and oxygen atoms in total. The fraction of sp³-hybridized carbons (Fsp3) is 0.633.